The molecule has 0 aliphatic carbocycles. The van der Waals surface area contributed by atoms with Crippen LogP contribution in [0.3, 0.4) is 0 Å². The molecule has 0 fully saturated rings. The molecule has 142 valence electrons. The summed E-state index contributed by atoms with van der Waals surface area (Å²) in [6.45, 7) is 3.84. The number of hydrogen-bond donors (Lipinski definition) is 2. The van der Waals surface area contributed by atoms with Gasteiger partial charge in [0.2, 0.25) is 0 Å². The summed E-state index contributed by atoms with van der Waals surface area (Å²) in [6.07, 6.45) is 1.70. The molecule has 28 heavy (non-hydrogen) atoms. The van der Waals surface area contributed by atoms with E-state index in [0.29, 0.717) is 5.56 Å². The van der Waals surface area contributed by atoms with Crippen molar-refractivity contribution in [1.82, 2.24) is 10.6 Å². The minimum atomic E-state index is -0.328. The second-order valence-corrected chi connectivity index (χ2v) is 7.48. The van der Waals surface area contributed by atoms with Crippen molar-refractivity contribution in [3.05, 3.63) is 99.4 Å². The summed E-state index contributed by atoms with van der Waals surface area (Å²) in [7, 11) is 0. The van der Waals surface area contributed by atoms with Crippen LogP contribution >= 0.6 is 11.3 Å². The van der Waals surface area contributed by atoms with Crippen molar-refractivity contribution >= 4 is 29.2 Å². The minimum Gasteiger partial charge on any atom is -0.344 e. The molecule has 0 spiro atoms. The fraction of sp³-hybridized carbons (Fsp3) is 0.130. The van der Waals surface area contributed by atoms with Crippen LogP contribution in [0.1, 0.15) is 39.3 Å². The largest absolute Gasteiger partial charge is 0.344 e. The Hall–Kier alpha value is -3.18. The molecule has 5 heteroatoms. The number of carbonyl (C=O) groups is 2. The zero-order valence-corrected chi connectivity index (χ0v) is 16.6. The normalized spacial score (nSPS) is 12.3. The molecular formula is C23H22N2O2S. The van der Waals surface area contributed by atoms with Gasteiger partial charge in [0.25, 0.3) is 11.8 Å². The molecule has 0 aliphatic heterocycles. The number of thiophene rings is 1. The lowest BCUT2D eigenvalue weighted by molar-refractivity contribution is -0.118. The summed E-state index contributed by atoms with van der Waals surface area (Å²) in [4.78, 5) is 26.5. The monoisotopic (exact) mass is 390 g/mol. The first kappa shape index (κ1) is 19.6. The van der Waals surface area contributed by atoms with E-state index in [-0.39, 0.29) is 23.6 Å². The third-order valence-corrected chi connectivity index (χ3v) is 5.07. The predicted octanol–water partition coefficient (Wildman–Crippen LogP) is 4.70. The number of hydrogen-bond acceptors (Lipinski definition) is 3. The molecule has 2 amide bonds. The highest BCUT2D eigenvalue weighted by atomic mass is 32.1. The smallest absolute Gasteiger partial charge is 0.268 e. The van der Waals surface area contributed by atoms with Crippen LogP contribution in [0.4, 0.5) is 0 Å². The van der Waals surface area contributed by atoms with Gasteiger partial charge in [-0.25, -0.2) is 0 Å². The second-order valence-electron chi connectivity index (χ2n) is 6.50. The lowest BCUT2D eigenvalue weighted by Gasteiger charge is -2.16. The summed E-state index contributed by atoms with van der Waals surface area (Å²) in [5.41, 5.74) is 2.72. The molecule has 2 aromatic carbocycles. The second kappa shape index (κ2) is 9.15. The van der Waals surface area contributed by atoms with E-state index >= 15 is 0 Å². The lowest BCUT2D eigenvalue weighted by Crippen LogP contribution is -2.36. The maximum absolute atomic E-state index is 12.9. The van der Waals surface area contributed by atoms with Crippen molar-refractivity contribution in [2.24, 2.45) is 0 Å². The molecule has 1 heterocycles. The SMILES string of the molecule is Cc1cccc(C(=O)N/C(=C\c2cccs2)C(=O)N[C@@H](C)c2ccccc2)c1. The maximum atomic E-state index is 12.9. The van der Waals surface area contributed by atoms with Gasteiger partial charge >= 0.3 is 0 Å². The topological polar surface area (TPSA) is 58.2 Å². The molecule has 0 radical (unpaired) electrons. The molecule has 3 aromatic rings. The zero-order valence-electron chi connectivity index (χ0n) is 15.8. The van der Waals surface area contributed by atoms with Gasteiger partial charge in [0.1, 0.15) is 5.70 Å². The van der Waals surface area contributed by atoms with E-state index in [1.807, 2.05) is 73.8 Å². The van der Waals surface area contributed by atoms with Crippen molar-refractivity contribution < 1.29 is 9.59 Å². The Morgan fingerprint density at radius 2 is 1.79 bits per heavy atom. The predicted molar refractivity (Wildman–Crippen MR) is 114 cm³/mol. The van der Waals surface area contributed by atoms with Crippen LogP contribution in [0.2, 0.25) is 0 Å². The van der Waals surface area contributed by atoms with Crippen LogP contribution < -0.4 is 10.6 Å². The average molecular weight is 391 g/mol. The Balaban J connectivity index is 1.81. The molecule has 2 N–H and O–H groups in total. The third-order valence-electron chi connectivity index (χ3n) is 4.25. The molecule has 0 saturated carbocycles. The van der Waals surface area contributed by atoms with E-state index in [1.54, 1.807) is 18.2 Å². The minimum absolute atomic E-state index is 0.184. The fourth-order valence-corrected chi connectivity index (χ4v) is 3.41. The highest BCUT2D eigenvalue weighted by Crippen LogP contribution is 2.16. The summed E-state index contributed by atoms with van der Waals surface area (Å²) >= 11 is 1.50. The fourth-order valence-electron chi connectivity index (χ4n) is 2.75. The molecular weight excluding hydrogens is 368 g/mol. The number of rotatable bonds is 6. The molecule has 1 atom stereocenters. The van der Waals surface area contributed by atoms with Crippen molar-refractivity contribution in [3.8, 4) is 0 Å². The third kappa shape index (κ3) is 5.18. The van der Waals surface area contributed by atoms with E-state index < -0.39 is 0 Å². The first-order valence-electron chi connectivity index (χ1n) is 9.02. The van der Waals surface area contributed by atoms with Gasteiger partial charge in [-0.15, -0.1) is 11.3 Å². The number of nitrogens with one attached hydrogen (secondary N) is 2. The molecule has 4 nitrogen and oxygen atoms in total. The van der Waals surface area contributed by atoms with Crippen molar-refractivity contribution in [1.29, 1.82) is 0 Å². The highest BCUT2D eigenvalue weighted by Gasteiger charge is 2.17. The summed E-state index contributed by atoms with van der Waals surface area (Å²) in [5.74, 6) is -0.639. The van der Waals surface area contributed by atoms with Gasteiger partial charge in [-0.05, 0) is 49.1 Å². The Morgan fingerprint density at radius 1 is 1.00 bits per heavy atom. The molecule has 3 rings (SSSR count). The van der Waals surface area contributed by atoms with Gasteiger partial charge in [0.15, 0.2) is 0 Å². The van der Waals surface area contributed by atoms with Crippen LogP contribution in [0.5, 0.6) is 0 Å². The molecule has 1 aromatic heterocycles. The number of benzene rings is 2. The molecule has 0 aliphatic rings. The van der Waals surface area contributed by atoms with Gasteiger partial charge in [-0.3, -0.25) is 9.59 Å². The van der Waals surface area contributed by atoms with Gasteiger partial charge in [-0.2, -0.15) is 0 Å². The highest BCUT2D eigenvalue weighted by molar-refractivity contribution is 7.10. The Morgan fingerprint density at radius 3 is 2.46 bits per heavy atom. The van der Waals surface area contributed by atoms with E-state index in [4.69, 9.17) is 0 Å². The standard InChI is InChI=1S/C23H22N2O2S/c1-16-8-6-11-19(14-16)22(26)25-21(15-20-12-7-13-28-20)23(27)24-17(2)18-9-4-3-5-10-18/h3-15,17H,1-2H3,(H,24,27)(H,25,26)/b21-15-/t17-/m0/s1. The van der Waals surface area contributed by atoms with Crippen molar-refractivity contribution in [2.45, 2.75) is 19.9 Å². The Bertz CT molecular complexity index is 979. The van der Waals surface area contributed by atoms with Crippen LogP contribution in [-0.4, -0.2) is 11.8 Å². The molecule has 0 unspecified atom stereocenters. The number of aryl methyl sites for hydroxylation is 1. The van der Waals surface area contributed by atoms with Crippen LogP contribution in [0, 0.1) is 6.92 Å². The van der Waals surface area contributed by atoms with Gasteiger partial charge in [-0.1, -0.05) is 54.1 Å². The van der Waals surface area contributed by atoms with Crippen LogP contribution in [0.25, 0.3) is 6.08 Å². The molecule has 0 bridgehead atoms. The zero-order chi connectivity index (χ0) is 19.9. The van der Waals surface area contributed by atoms with Gasteiger partial charge in [0.05, 0.1) is 6.04 Å². The average Bonchev–Trinajstić information content (AvgIpc) is 3.21. The molecule has 0 saturated heterocycles. The van der Waals surface area contributed by atoms with Crippen molar-refractivity contribution in [3.63, 3.8) is 0 Å². The van der Waals surface area contributed by atoms with E-state index in [2.05, 4.69) is 10.6 Å². The summed E-state index contributed by atoms with van der Waals surface area (Å²) in [6, 6.07) is 20.6. The number of amides is 2. The Labute approximate surface area is 168 Å². The number of carbonyl (C=O) groups excluding carboxylic acids is 2. The first-order chi connectivity index (χ1) is 13.5. The van der Waals surface area contributed by atoms with E-state index in [9.17, 15) is 9.59 Å². The van der Waals surface area contributed by atoms with E-state index in [0.717, 1.165) is 16.0 Å². The maximum Gasteiger partial charge on any atom is 0.268 e. The summed E-state index contributed by atoms with van der Waals surface area (Å²) < 4.78 is 0. The van der Waals surface area contributed by atoms with Gasteiger partial charge < -0.3 is 10.6 Å². The van der Waals surface area contributed by atoms with E-state index in [1.165, 1.54) is 11.3 Å². The lowest BCUT2D eigenvalue weighted by atomic mass is 10.1. The van der Waals surface area contributed by atoms with Gasteiger partial charge in [0, 0.05) is 10.4 Å². The Kier molecular flexibility index (Phi) is 6.40. The van der Waals surface area contributed by atoms with Crippen molar-refractivity contribution in [2.75, 3.05) is 0 Å². The summed E-state index contributed by atoms with van der Waals surface area (Å²) in [5, 5.41) is 7.66. The first-order valence-corrected chi connectivity index (χ1v) is 9.90. The van der Waals surface area contributed by atoms with Crippen LogP contribution in [0.15, 0.2) is 77.8 Å². The van der Waals surface area contributed by atoms with Crippen LogP contribution in [-0.2, 0) is 4.79 Å². The quantitative estimate of drug-likeness (QED) is 0.599.